The van der Waals surface area contributed by atoms with Gasteiger partial charge in [-0.15, -0.1) is 0 Å². The van der Waals surface area contributed by atoms with Gasteiger partial charge in [-0.2, -0.15) is 0 Å². The number of aromatic nitrogens is 2. The van der Waals surface area contributed by atoms with Gasteiger partial charge in [-0.1, -0.05) is 6.07 Å². The summed E-state index contributed by atoms with van der Waals surface area (Å²) in [5, 5.41) is 5.11. The molecule has 0 bridgehead atoms. The first-order valence-electron chi connectivity index (χ1n) is 12.6. The highest BCUT2D eigenvalue weighted by molar-refractivity contribution is 7.70. The molecule has 38 heavy (non-hydrogen) atoms. The lowest BCUT2D eigenvalue weighted by molar-refractivity contribution is -0.140. The second kappa shape index (κ2) is 10.4. The van der Waals surface area contributed by atoms with Gasteiger partial charge < -0.3 is 34.0 Å². The van der Waals surface area contributed by atoms with Crippen molar-refractivity contribution in [2.75, 3.05) is 66.2 Å². The van der Waals surface area contributed by atoms with E-state index in [0.717, 1.165) is 59.2 Å². The smallest absolute Gasteiger partial charge is 0.139 e. The number of aromatic amines is 1. The van der Waals surface area contributed by atoms with Gasteiger partial charge in [-0.25, -0.2) is 4.98 Å². The second-order valence-electron chi connectivity index (χ2n) is 10.7. The number of benzene rings is 2. The lowest BCUT2D eigenvalue weighted by Crippen LogP contribution is -2.53. The van der Waals surface area contributed by atoms with Gasteiger partial charge in [0.25, 0.3) is 0 Å². The summed E-state index contributed by atoms with van der Waals surface area (Å²) in [7, 11) is 3.14. The number of rotatable bonds is 10. The number of hydrogen-bond donors (Lipinski definition) is 2. The Morgan fingerprint density at radius 1 is 1.11 bits per heavy atom. The Balaban J connectivity index is 1.37. The molecule has 4 aromatic rings. The second-order valence-corrected chi connectivity index (χ2v) is 13.8. The van der Waals surface area contributed by atoms with Gasteiger partial charge in [0, 0.05) is 23.8 Å². The number of nitrogens with zero attached hydrogens (tertiary/aromatic N) is 2. The third-order valence-electron chi connectivity index (χ3n) is 6.74. The largest absolute Gasteiger partial charge is 0.496 e. The van der Waals surface area contributed by atoms with E-state index in [-0.39, 0.29) is 5.41 Å². The predicted molar refractivity (Wildman–Crippen MR) is 154 cm³/mol. The van der Waals surface area contributed by atoms with Crippen molar-refractivity contribution >= 4 is 34.9 Å². The van der Waals surface area contributed by atoms with E-state index < -0.39 is 7.14 Å². The van der Waals surface area contributed by atoms with Gasteiger partial charge in [-0.3, -0.25) is 0 Å². The Labute approximate surface area is 223 Å². The zero-order valence-corrected chi connectivity index (χ0v) is 23.5. The number of methoxy groups -OCH3 is 1. The molecule has 0 atom stereocenters. The van der Waals surface area contributed by atoms with Crippen LogP contribution in [0.5, 0.6) is 11.5 Å². The van der Waals surface area contributed by atoms with E-state index in [4.69, 9.17) is 14.2 Å². The van der Waals surface area contributed by atoms with Crippen LogP contribution in [0.4, 0.5) is 11.4 Å². The number of fused-ring (bicyclic) bond motifs is 1. The maximum Gasteiger partial charge on any atom is 0.139 e. The molecule has 0 spiro atoms. The van der Waals surface area contributed by atoms with Crippen molar-refractivity contribution < 1.29 is 18.8 Å². The molecule has 2 N–H and O–H groups in total. The topological polar surface area (TPSA) is 88.7 Å². The number of H-pyrrole nitrogens is 1. The molecular formula is C29H35N4O4P. The molecule has 200 valence electrons. The zero-order valence-electron chi connectivity index (χ0n) is 22.6. The molecule has 3 heterocycles. The predicted octanol–water partition coefficient (Wildman–Crippen LogP) is 5.19. The van der Waals surface area contributed by atoms with Gasteiger partial charge in [0.05, 0.1) is 49.0 Å². The van der Waals surface area contributed by atoms with Crippen LogP contribution in [-0.2, 0) is 9.30 Å². The van der Waals surface area contributed by atoms with Crippen molar-refractivity contribution in [1.29, 1.82) is 0 Å². The highest BCUT2D eigenvalue weighted by Gasteiger charge is 2.40. The van der Waals surface area contributed by atoms with Crippen LogP contribution >= 0.6 is 7.14 Å². The van der Waals surface area contributed by atoms with Crippen molar-refractivity contribution in [3.05, 3.63) is 60.8 Å². The van der Waals surface area contributed by atoms with Crippen molar-refractivity contribution in [2.45, 2.75) is 0 Å². The molecule has 1 aliphatic heterocycles. The van der Waals surface area contributed by atoms with E-state index in [1.165, 1.54) is 0 Å². The molecule has 2 aromatic heterocycles. The minimum Gasteiger partial charge on any atom is -0.496 e. The van der Waals surface area contributed by atoms with E-state index in [2.05, 4.69) is 40.3 Å². The van der Waals surface area contributed by atoms with E-state index in [0.29, 0.717) is 17.7 Å². The van der Waals surface area contributed by atoms with Gasteiger partial charge in [0.1, 0.15) is 24.3 Å². The normalized spacial score (nSPS) is 14.9. The number of pyridine rings is 1. The molecule has 0 unspecified atom stereocenters. The number of anilines is 2. The lowest BCUT2D eigenvalue weighted by atomic mass is 9.86. The number of ether oxygens (including phenoxy) is 3. The van der Waals surface area contributed by atoms with Crippen LogP contribution in [0.25, 0.3) is 22.3 Å². The van der Waals surface area contributed by atoms with E-state index >= 15 is 0 Å². The quantitative estimate of drug-likeness (QED) is 0.271. The average Bonchev–Trinajstić information content (AvgIpc) is 3.30. The molecule has 9 heteroatoms. The Morgan fingerprint density at radius 2 is 1.87 bits per heavy atom. The summed E-state index contributed by atoms with van der Waals surface area (Å²) in [5.74, 6) is 1.45. The van der Waals surface area contributed by atoms with E-state index in [1.807, 2.05) is 48.5 Å². The Bertz CT molecular complexity index is 1470. The van der Waals surface area contributed by atoms with Crippen molar-refractivity contribution in [1.82, 2.24) is 14.9 Å². The summed E-state index contributed by atoms with van der Waals surface area (Å²) < 4.78 is 30.2. The average molecular weight is 535 g/mol. The molecule has 0 radical (unpaired) electrons. The monoisotopic (exact) mass is 534 g/mol. The molecule has 8 nitrogen and oxygen atoms in total. The third-order valence-corrected chi connectivity index (χ3v) is 8.28. The zero-order chi connectivity index (χ0) is 26.9. The van der Waals surface area contributed by atoms with Crippen molar-refractivity contribution in [2.24, 2.45) is 5.41 Å². The standard InChI is InChI=1S/C29H35N4O4P/c1-33(2)16-29(17-36-18-29)19-37-21-11-9-20(10-12-21)25-15-22-23(13-14-30-28(22)32-25)31-24-7-6-8-26(35-3)27(24)38(4,5)34/h6-15H,16-19H2,1-5H3,(H2,30,31,32). The van der Waals surface area contributed by atoms with Crippen molar-refractivity contribution in [3.63, 3.8) is 0 Å². The van der Waals surface area contributed by atoms with Gasteiger partial charge in [-0.05, 0) is 81.5 Å². The van der Waals surface area contributed by atoms with E-state index in [1.54, 1.807) is 26.6 Å². The molecule has 1 saturated heterocycles. The fourth-order valence-electron chi connectivity index (χ4n) is 5.03. The lowest BCUT2D eigenvalue weighted by Gasteiger charge is -2.42. The summed E-state index contributed by atoms with van der Waals surface area (Å²) in [5.41, 5.74) is 4.44. The summed E-state index contributed by atoms with van der Waals surface area (Å²) in [4.78, 5) is 10.1. The maximum absolute atomic E-state index is 13.1. The molecule has 0 saturated carbocycles. The van der Waals surface area contributed by atoms with Crippen LogP contribution in [0.15, 0.2) is 60.8 Å². The first-order valence-corrected chi connectivity index (χ1v) is 15.2. The summed E-state index contributed by atoms with van der Waals surface area (Å²) in [6.45, 7) is 6.53. The highest BCUT2D eigenvalue weighted by atomic mass is 31.2. The first-order chi connectivity index (χ1) is 18.2. The van der Waals surface area contributed by atoms with Crippen LogP contribution in [0.1, 0.15) is 0 Å². The minimum absolute atomic E-state index is 0.0559. The minimum atomic E-state index is -2.61. The molecular weight excluding hydrogens is 499 g/mol. The van der Waals surface area contributed by atoms with Gasteiger partial charge in [0.2, 0.25) is 0 Å². The molecule has 1 fully saturated rings. The Kier molecular flexibility index (Phi) is 7.23. The van der Waals surface area contributed by atoms with Gasteiger partial charge in [0.15, 0.2) is 0 Å². The van der Waals surface area contributed by atoms with Gasteiger partial charge >= 0.3 is 0 Å². The van der Waals surface area contributed by atoms with Crippen LogP contribution < -0.4 is 20.1 Å². The SMILES string of the molecule is COc1cccc(Nc2ccnc3[nH]c(-c4ccc(OCC5(CN(C)C)COC5)cc4)cc23)c1P(C)(C)=O. The fraction of sp³-hybridized carbons (Fsp3) is 0.345. The molecule has 2 aromatic carbocycles. The number of hydrogen-bond acceptors (Lipinski definition) is 7. The van der Waals surface area contributed by atoms with Crippen LogP contribution in [-0.4, -0.2) is 75.8 Å². The van der Waals surface area contributed by atoms with E-state index in [9.17, 15) is 4.57 Å². The van der Waals surface area contributed by atoms with Crippen LogP contribution in [0.3, 0.4) is 0 Å². The number of nitrogens with one attached hydrogen (secondary N) is 2. The summed E-state index contributed by atoms with van der Waals surface area (Å²) >= 11 is 0. The summed E-state index contributed by atoms with van der Waals surface area (Å²) in [6, 6.07) is 17.8. The Hall–Kier alpha value is -3.32. The Morgan fingerprint density at radius 3 is 2.50 bits per heavy atom. The molecule has 5 rings (SSSR count). The summed E-state index contributed by atoms with van der Waals surface area (Å²) in [6.07, 6.45) is 1.76. The van der Waals surface area contributed by atoms with Crippen LogP contribution in [0.2, 0.25) is 0 Å². The highest BCUT2D eigenvalue weighted by Crippen LogP contribution is 2.43. The molecule has 0 amide bonds. The maximum atomic E-state index is 13.1. The third kappa shape index (κ3) is 5.44. The fourth-order valence-corrected chi connectivity index (χ4v) is 6.44. The van der Waals surface area contributed by atoms with Crippen molar-refractivity contribution in [3.8, 4) is 22.8 Å². The van der Waals surface area contributed by atoms with Crippen LogP contribution in [0, 0.1) is 5.41 Å². The first kappa shape index (κ1) is 26.3. The molecule has 1 aliphatic rings. The molecule has 0 aliphatic carbocycles.